The van der Waals surface area contributed by atoms with Gasteiger partial charge in [0.1, 0.15) is 5.69 Å². The van der Waals surface area contributed by atoms with Gasteiger partial charge in [-0.25, -0.2) is 5.53 Å². The van der Waals surface area contributed by atoms with Crippen molar-refractivity contribution in [3.63, 3.8) is 0 Å². The Morgan fingerprint density at radius 1 is 1.25 bits per heavy atom. The second-order valence-electron chi connectivity index (χ2n) is 5.58. The first-order valence-corrected chi connectivity index (χ1v) is 7.49. The Balaban J connectivity index is 1.93. The normalized spacial score (nSPS) is 10.6. The molecule has 7 heteroatoms. The van der Waals surface area contributed by atoms with Crippen molar-refractivity contribution in [3.05, 3.63) is 47.2 Å². The number of H-pyrrole nitrogens is 1. The van der Waals surface area contributed by atoms with E-state index in [9.17, 15) is 4.79 Å². The molecule has 0 saturated carbocycles. The fraction of sp³-hybridized carbons (Fsp3) is 0.176. The molecule has 1 heterocycles. The van der Waals surface area contributed by atoms with Crippen LogP contribution in [0.25, 0.3) is 10.9 Å². The number of amides is 1. The molecular weight excluding hydrogens is 304 g/mol. The number of rotatable bonds is 4. The molecule has 0 aliphatic carbocycles. The topological polar surface area (TPSA) is 106 Å². The summed E-state index contributed by atoms with van der Waals surface area (Å²) >= 11 is 0. The highest BCUT2D eigenvalue weighted by Gasteiger charge is 2.14. The molecule has 1 aromatic heterocycles. The zero-order valence-corrected chi connectivity index (χ0v) is 13.7. The van der Waals surface area contributed by atoms with Gasteiger partial charge in [-0.1, -0.05) is 0 Å². The van der Waals surface area contributed by atoms with E-state index >= 15 is 0 Å². The number of aromatic nitrogens is 2. The molecule has 122 valence electrons. The number of hydrogen-bond acceptors (Lipinski definition) is 5. The molecule has 0 unspecified atom stereocenters. The van der Waals surface area contributed by atoms with E-state index in [2.05, 4.69) is 25.9 Å². The average Bonchev–Trinajstić information content (AvgIpc) is 2.95. The van der Waals surface area contributed by atoms with Gasteiger partial charge in [-0.3, -0.25) is 9.89 Å². The molecule has 3 rings (SSSR count). The third-order valence-corrected chi connectivity index (χ3v) is 3.98. The fourth-order valence-corrected chi connectivity index (χ4v) is 2.65. The summed E-state index contributed by atoms with van der Waals surface area (Å²) in [5, 5.41) is 17.4. The van der Waals surface area contributed by atoms with Crippen LogP contribution >= 0.6 is 0 Å². The van der Waals surface area contributed by atoms with E-state index in [4.69, 9.17) is 5.53 Å². The van der Waals surface area contributed by atoms with Crippen LogP contribution in [0, 0.1) is 19.4 Å². The predicted octanol–water partition coefficient (Wildman–Crippen LogP) is 4.14. The maximum Gasteiger partial charge on any atom is 0.256 e. The Morgan fingerprint density at radius 3 is 2.75 bits per heavy atom. The molecule has 0 fully saturated rings. The van der Waals surface area contributed by atoms with Crippen molar-refractivity contribution in [2.75, 3.05) is 17.7 Å². The van der Waals surface area contributed by atoms with Gasteiger partial charge < -0.3 is 10.6 Å². The Labute approximate surface area is 139 Å². The van der Waals surface area contributed by atoms with E-state index in [1.165, 1.54) is 0 Å². The highest BCUT2D eigenvalue weighted by molar-refractivity contribution is 6.07. The van der Waals surface area contributed by atoms with Gasteiger partial charge in [-0.15, -0.1) is 0 Å². The van der Waals surface area contributed by atoms with Gasteiger partial charge in [0.05, 0.1) is 11.2 Å². The van der Waals surface area contributed by atoms with Gasteiger partial charge in [0.2, 0.25) is 0 Å². The molecular formula is C17H18N6O. The summed E-state index contributed by atoms with van der Waals surface area (Å²) in [6.07, 6.45) is 0. The summed E-state index contributed by atoms with van der Waals surface area (Å²) in [6, 6.07) is 8.99. The van der Waals surface area contributed by atoms with Gasteiger partial charge in [-0.2, -0.15) is 10.2 Å². The number of carbonyl (C=O) groups is 1. The zero-order chi connectivity index (χ0) is 17.3. The minimum Gasteiger partial charge on any atom is -0.386 e. The molecule has 0 bridgehead atoms. The van der Waals surface area contributed by atoms with Gasteiger partial charge in [0.25, 0.3) is 5.91 Å². The van der Waals surface area contributed by atoms with Gasteiger partial charge in [0.15, 0.2) is 0 Å². The van der Waals surface area contributed by atoms with Crippen molar-refractivity contribution in [1.82, 2.24) is 10.2 Å². The summed E-state index contributed by atoms with van der Waals surface area (Å²) in [4.78, 5) is 12.6. The van der Waals surface area contributed by atoms with Crippen LogP contribution in [0.1, 0.15) is 21.6 Å². The van der Waals surface area contributed by atoms with E-state index in [0.29, 0.717) is 16.9 Å². The molecule has 0 saturated heterocycles. The minimum atomic E-state index is -0.236. The van der Waals surface area contributed by atoms with Crippen LogP contribution in [-0.4, -0.2) is 23.2 Å². The Bertz CT molecular complexity index is 944. The third kappa shape index (κ3) is 2.71. The number of aryl methyl sites for hydroxylation is 2. The monoisotopic (exact) mass is 322 g/mol. The van der Waals surface area contributed by atoms with Crippen LogP contribution in [0.5, 0.6) is 0 Å². The Hall–Kier alpha value is -3.22. The summed E-state index contributed by atoms with van der Waals surface area (Å²) in [5.74, 6) is -0.236. The first kappa shape index (κ1) is 15.7. The molecule has 4 N–H and O–H groups in total. The third-order valence-electron chi connectivity index (χ3n) is 3.98. The van der Waals surface area contributed by atoms with Gasteiger partial charge in [0, 0.05) is 29.4 Å². The van der Waals surface area contributed by atoms with Crippen molar-refractivity contribution in [3.8, 4) is 0 Å². The summed E-state index contributed by atoms with van der Waals surface area (Å²) < 4.78 is 0. The van der Waals surface area contributed by atoms with Crippen molar-refractivity contribution in [1.29, 1.82) is 5.53 Å². The van der Waals surface area contributed by atoms with Crippen molar-refractivity contribution < 1.29 is 4.79 Å². The smallest absolute Gasteiger partial charge is 0.256 e. The summed E-state index contributed by atoms with van der Waals surface area (Å²) in [6.45, 7) is 3.79. The van der Waals surface area contributed by atoms with Crippen LogP contribution in [0.2, 0.25) is 0 Å². The van der Waals surface area contributed by atoms with Crippen LogP contribution in [0.4, 0.5) is 17.1 Å². The van der Waals surface area contributed by atoms with E-state index < -0.39 is 0 Å². The number of anilines is 2. The standard InChI is InChI=1S/C17H18N6O/c1-9-6-15(19-3)16(21-18)8-12(9)17(24)20-11-4-5-14-13(7-11)10(2)22-23-14/h4-8,18-19H,1-3H3,(H,20,24)(H,22,23). The van der Waals surface area contributed by atoms with Crippen molar-refractivity contribution in [2.24, 2.45) is 5.11 Å². The number of benzene rings is 2. The molecule has 0 spiro atoms. The second-order valence-corrected chi connectivity index (χ2v) is 5.58. The zero-order valence-electron chi connectivity index (χ0n) is 13.7. The lowest BCUT2D eigenvalue weighted by molar-refractivity contribution is 0.102. The Morgan fingerprint density at radius 2 is 2.04 bits per heavy atom. The lowest BCUT2D eigenvalue weighted by Crippen LogP contribution is -2.13. The van der Waals surface area contributed by atoms with Crippen LogP contribution in [0.3, 0.4) is 0 Å². The number of nitrogens with one attached hydrogen (secondary N) is 4. The first-order chi connectivity index (χ1) is 11.5. The van der Waals surface area contributed by atoms with Crippen LogP contribution in [0.15, 0.2) is 35.4 Å². The fourth-order valence-electron chi connectivity index (χ4n) is 2.65. The second kappa shape index (κ2) is 6.11. The first-order valence-electron chi connectivity index (χ1n) is 7.49. The van der Waals surface area contributed by atoms with Crippen molar-refractivity contribution in [2.45, 2.75) is 13.8 Å². The SMILES string of the molecule is CNc1cc(C)c(C(=O)Nc2ccc3n[nH]c(C)c3c2)cc1N=N. The maximum absolute atomic E-state index is 12.6. The van der Waals surface area contributed by atoms with E-state index in [0.717, 1.165) is 27.8 Å². The molecule has 0 atom stereocenters. The summed E-state index contributed by atoms with van der Waals surface area (Å²) in [5.41, 5.74) is 12.2. The van der Waals surface area contributed by atoms with Crippen LogP contribution in [-0.2, 0) is 0 Å². The molecule has 7 nitrogen and oxygen atoms in total. The lowest BCUT2D eigenvalue weighted by Gasteiger charge is -2.11. The number of carbonyl (C=O) groups excluding carboxylic acids is 1. The average molecular weight is 322 g/mol. The molecule has 0 aliphatic rings. The maximum atomic E-state index is 12.6. The highest BCUT2D eigenvalue weighted by Crippen LogP contribution is 2.29. The Kier molecular flexibility index (Phi) is 3.99. The van der Waals surface area contributed by atoms with Gasteiger partial charge in [-0.05, 0) is 49.7 Å². The lowest BCUT2D eigenvalue weighted by atomic mass is 10.1. The number of nitrogens with zero attached hydrogens (tertiary/aromatic N) is 2. The largest absolute Gasteiger partial charge is 0.386 e. The molecule has 3 aromatic rings. The minimum absolute atomic E-state index is 0.236. The molecule has 0 radical (unpaired) electrons. The predicted molar refractivity (Wildman–Crippen MR) is 94.3 cm³/mol. The number of aromatic amines is 1. The van der Waals surface area contributed by atoms with E-state index in [1.54, 1.807) is 13.1 Å². The highest BCUT2D eigenvalue weighted by atomic mass is 16.1. The molecule has 1 amide bonds. The van der Waals surface area contributed by atoms with E-state index in [-0.39, 0.29) is 5.91 Å². The molecule has 24 heavy (non-hydrogen) atoms. The number of hydrogen-bond donors (Lipinski definition) is 4. The van der Waals surface area contributed by atoms with Crippen molar-refractivity contribution >= 4 is 33.9 Å². The molecule has 0 aliphatic heterocycles. The summed E-state index contributed by atoms with van der Waals surface area (Å²) in [7, 11) is 1.76. The molecule has 2 aromatic carbocycles. The van der Waals surface area contributed by atoms with Crippen LogP contribution < -0.4 is 10.6 Å². The van der Waals surface area contributed by atoms with Gasteiger partial charge >= 0.3 is 0 Å². The quantitative estimate of drug-likeness (QED) is 0.542. The van der Waals surface area contributed by atoms with E-state index in [1.807, 2.05) is 38.1 Å². The number of fused-ring (bicyclic) bond motifs is 1.